The van der Waals surface area contributed by atoms with Crippen LogP contribution in [-0.4, -0.2) is 27.4 Å². The Morgan fingerprint density at radius 2 is 2.21 bits per heavy atom. The van der Waals surface area contributed by atoms with Crippen LogP contribution >= 0.6 is 0 Å². The maximum atomic E-state index is 9.91. The average Bonchev–Trinajstić information content (AvgIpc) is 2.48. The maximum Gasteiger partial charge on any atom is 0.321 e. The van der Waals surface area contributed by atoms with Gasteiger partial charge in [-0.25, -0.2) is 0 Å². The maximum absolute atomic E-state index is 9.91. The highest BCUT2D eigenvalue weighted by Crippen LogP contribution is 2.16. The van der Waals surface area contributed by atoms with Crippen LogP contribution in [0, 0.1) is 12.8 Å². The molecule has 0 amide bonds. The van der Waals surface area contributed by atoms with E-state index in [-0.39, 0.29) is 5.92 Å². The monoisotopic (exact) mass is 199 g/mol. The number of hydrogen-bond acceptors (Lipinski definition) is 5. The lowest BCUT2D eigenvalue weighted by atomic mass is 9.93. The quantitative estimate of drug-likeness (QED) is 0.762. The van der Waals surface area contributed by atoms with Gasteiger partial charge in [-0.15, -0.1) is 0 Å². The Hall–Kier alpha value is -1.10. The third-order valence-electron chi connectivity index (χ3n) is 2.37. The Kier molecular flexibility index (Phi) is 3.10. The third-order valence-corrected chi connectivity index (χ3v) is 2.37. The summed E-state index contributed by atoms with van der Waals surface area (Å²) in [6.07, 6.45) is 0. The van der Waals surface area contributed by atoms with E-state index in [1.54, 1.807) is 13.8 Å². The fraction of sp³-hybridized carbons (Fsp3) is 0.778. The number of aliphatic hydroxyl groups is 1. The highest BCUT2D eigenvalue weighted by atomic mass is 16.5. The molecule has 80 valence electrons. The zero-order valence-electron chi connectivity index (χ0n) is 9.03. The summed E-state index contributed by atoms with van der Waals surface area (Å²) in [5.41, 5.74) is -0.775. The van der Waals surface area contributed by atoms with E-state index in [2.05, 4.69) is 15.5 Å². The molecule has 14 heavy (non-hydrogen) atoms. The number of aromatic nitrogens is 2. The number of nitrogens with zero attached hydrogens (tertiary/aromatic N) is 2. The number of anilines is 1. The van der Waals surface area contributed by atoms with E-state index in [0.29, 0.717) is 18.4 Å². The lowest BCUT2D eigenvalue weighted by Gasteiger charge is -2.27. The van der Waals surface area contributed by atoms with Crippen molar-refractivity contribution in [3.63, 3.8) is 0 Å². The van der Waals surface area contributed by atoms with Crippen LogP contribution < -0.4 is 5.32 Å². The van der Waals surface area contributed by atoms with Crippen LogP contribution in [0.5, 0.6) is 0 Å². The minimum atomic E-state index is -0.775. The molecule has 0 radical (unpaired) electrons. The van der Waals surface area contributed by atoms with Crippen LogP contribution in [0.1, 0.15) is 26.6 Å². The second kappa shape index (κ2) is 3.96. The fourth-order valence-corrected chi connectivity index (χ4v) is 0.828. The Bertz CT molecular complexity index is 294. The van der Waals surface area contributed by atoms with Gasteiger partial charge in [0.1, 0.15) is 0 Å². The molecule has 5 nitrogen and oxygen atoms in total. The summed E-state index contributed by atoms with van der Waals surface area (Å²) >= 11 is 0. The van der Waals surface area contributed by atoms with Gasteiger partial charge in [0.2, 0.25) is 0 Å². The van der Waals surface area contributed by atoms with Gasteiger partial charge in [-0.2, -0.15) is 4.98 Å². The van der Waals surface area contributed by atoms with Crippen LogP contribution in [0.4, 0.5) is 6.01 Å². The normalized spacial score (nSPS) is 15.6. The molecule has 0 aliphatic rings. The van der Waals surface area contributed by atoms with Crippen molar-refractivity contribution >= 4 is 6.01 Å². The average molecular weight is 199 g/mol. The summed E-state index contributed by atoms with van der Waals surface area (Å²) in [5.74, 6) is 0.746. The van der Waals surface area contributed by atoms with Crippen molar-refractivity contribution in [2.45, 2.75) is 33.3 Å². The smallest absolute Gasteiger partial charge is 0.321 e. The summed E-state index contributed by atoms with van der Waals surface area (Å²) in [5, 5.41) is 16.4. The minimum Gasteiger partial charge on any atom is -0.388 e. The lowest BCUT2D eigenvalue weighted by molar-refractivity contribution is 0.0260. The van der Waals surface area contributed by atoms with Crippen LogP contribution in [0.2, 0.25) is 0 Å². The SMILES string of the molecule is Cc1noc(NCC(C)(O)C(C)C)n1. The van der Waals surface area contributed by atoms with Crippen molar-refractivity contribution in [3.05, 3.63) is 5.82 Å². The van der Waals surface area contributed by atoms with Gasteiger partial charge in [0.15, 0.2) is 5.82 Å². The fourth-order valence-electron chi connectivity index (χ4n) is 0.828. The first-order valence-electron chi connectivity index (χ1n) is 4.68. The number of aryl methyl sites for hydroxylation is 1. The van der Waals surface area contributed by atoms with Gasteiger partial charge < -0.3 is 14.9 Å². The Morgan fingerprint density at radius 3 is 2.64 bits per heavy atom. The Labute approximate surface area is 83.5 Å². The van der Waals surface area contributed by atoms with E-state index in [1.807, 2.05) is 13.8 Å². The van der Waals surface area contributed by atoms with E-state index in [9.17, 15) is 5.11 Å². The van der Waals surface area contributed by atoms with Gasteiger partial charge >= 0.3 is 6.01 Å². The standard InChI is InChI=1S/C9H17N3O2/c1-6(2)9(4,13)5-10-8-11-7(3)12-14-8/h6,13H,5H2,1-4H3,(H,10,11,12). The molecule has 0 aromatic carbocycles. The van der Waals surface area contributed by atoms with Crippen molar-refractivity contribution in [1.82, 2.24) is 10.1 Å². The molecule has 0 aliphatic carbocycles. The molecule has 1 atom stereocenters. The second-order valence-corrected chi connectivity index (χ2v) is 4.01. The largest absolute Gasteiger partial charge is 0.388 e. The predicted molar refractivity (Wildman–Crippen MR) is 53.0 cm³/mol. The summed E-state index contributed by atoms with van der Waals surface area (Å²) in [6, 6.07) is 0.350. The molecule has 2 N–H and O–H groups in total. The molecule has 0 aliphatic heterocycles. The highest BCUT2D eigenvalue weighted by molar-refractivity contribution is 5.18. The molecular weight excluding hydrogens is 182 g/mol. The van der Waals surface area contributed by atoms with Crippen LogP contribution in [0.3, 0.4) is 0 Å². The summed E-state index contributed by atoms with van der Waals surface area (Å²) in [6.45, 7) is 7.83. The molecular formula is C9H17N3O2. The molecule has 1 rings (SSSR count). The van der Waals surface area contributed by atoms with Gasteiger partial charge in [0, 0.05) is 6.54 Å². The molecule has 0 saturated heterocycles. The third kappa shape index (κ3) is 2.70. The molecule has 0 fully saturated rings. The van der Waals surface area contributed by atoms with Crippen molar-refractivity contribution in [1.29, 1.82) is 0 Å². The van der Waals surface area contributed by atoms with Crippen LogP contribution in [0.25, 0.3) is 0 Å². The van der Waals surface area contributed by atoms with E-state index in [1.165, 1.54) is 0 Å². The van der Waals surface area contributed by atoms with Crippen molar-refractivity contribution in [2.75, 3.05) is 11.9 Å². The predicted octanol–water partition coefficient (Wildman–Crippen LogP) is 1.20. The van der Waals surface area contributed by atoms with Crippen LogP contribution in [0.15, 0.2) is 4.52 Å². The zero-order valence-corrected chi connectivity index (χ0v) is 9.03. The first kappa shape index (κ1) is 11.0. The first-order chi connectivity index (χ1) is 6.42. The number of rotatable bonds is 4. The minimum absolute atomic E-state index is 0.166. The molecule has 5 heteroatoms. The molecule has 1 aromatic rings. The molecule has 1 heterocycles. The van der Waals surface area contributed by atoms with Gasteiger partial charge in [-0.05, 0) is 19.8 Å². The Morgan fingerprint density at radius 1 is 1.57 bits per heavy atom. The molecule has 0 saturated carbocycles. The molecule has 1 aromatic heterocycles. The highest BCUT2D eigenvalue weighted by Gasteiger charge is 2.25. The van der Waals surface area contributed by atoms with E-state index < -0.39 is 5.60 Å². The molecule has 0 bridgehead atoms. The topological polar surface area (TPSA) is 71.2 Å². The van der Waals surface area contributed by atoms with Gasteiger partial charge in [0.25, 0.3) is 0 Å². The van der Waals surface area contributed by atoms with Crippen molar-refractivity contribution in [2.24, 2.45) is 5.92 Å². The van der Waals surface area contributed by atoms with Gasteiger partial charge in [-0.1, -0.05) is 19.0 Å². The number of nitrogens with one attached hydrogen (secondary N) is 1. The van der Waals surface area contributed by atoms with E-state index >= 15 is 0 Å². The number of hydrogen-bond donors (Lipinski definition) is 2. The lowest BCUT2D eigenvalue weighted by Crippen LogP contribution is -2.38. The molecule has 1 unspecified atom stereocenters. The summed E-state index contributed by atoms with van der Waals surface area (Å²) in [7, 11) is 0. The van der Waals surface area contributed by atoms with Crippen molar-refractivity contribution < 1.29 is 9.63 Å². The second-order valence-electron chi connectivity index (χ2n) is 4.01. The van der Waals surface area contributed by atoms with E-state index in [0.717, 1.165) is 0 Å². The molecule has 0 spiro atoms. The summed E-state index contributed by atoms with van der Waals surface area (Å²) in [4.78, 5) is 3.97. The van der Waals surface area contributed by atoms with Crippen molar-refractivity contribution in [3.8, 4) is 0 Å². The van der Waals surface area contributed by atoms with Crippen LogP contribution in [-0.2, 0) is 0 Å². The zero-order chi connectivity index (χ0) is 10.8. The first-order valence-corrected chi connectivity index (χ1v) is 4.68. The Balaban J connectivity index is 2.48. The van der Waals surface area contributed by atoms with E-state index in [4.69, 9.17) is 4.52 Å². The van der Waals surface area contributed by atoms with Gasteiger partial charge in [0.05, 0.1) is 5.60 Å². The van der Waals surface area contributed by atoms with Gasteiger partial charge in [-0.3, -0.25) is 0 Å². The summed E-state index contributed by atoms with van der Waals surface area (Å²) < 4.78 is 4.86.